The molecule has 0 unspecified atom stereocenters. The molecule has 0 bridgehead atoms. The minimum Gasteiger partial charge on any atom is -0.336 e. The first-order valence-corrected chi connectivity index (χ1v) is 7.77. The summed E-state index contributed by atoms with van der Waals surface area (Å²) >= 11 is 0. The molecule has 1 aromatic heterocycles. The topological polar surface area (TPSA) is 83.4 Å². The van der Waals surface area contributed by atoms with Crippen molar-refractivity contribution in [3.63, 3.8) is 0 Å². The van der Waals surface area contributed by atoms with Gasteiger partial charge < -0.3 is 9.80 Å². The Balaban J connectivity index is 1.57. The first kappa shape index (κ1) is 14.8. The van der Waals surface area contributed by atoms with Gasteiger partial charge in [-0.05, 0) is 19.8 Å². The molecule has 1 N–H and O–H groups in total. The lowest BCUT2D eigenvalue weighted by atomic mass is 10.2. The molecule has 0 radical (unpaired) electrons. The summed E-state index contributed by atoms with van der Waals surface area (Å²) in [5.41, 5.74) is 0. The van der Waals surface area contributed by atoms with E-state index >= 15 is 0 Å². The van der Waals surface area contributed by atoms with Crippen LogP contribution in [-0.4, -0.2) is 62.2 Å². The largest absolute Gasteiger partial charge is 0.336 e. The third-order valence-electron chi connectivity index (χ3n) is 4.51. The third-order valence-corrected chi connectivity index (χ3v) is 4.51. The van der Waals surface area contributed by atoms with Crippen molar-refractivity contribution in [1.29, 1.82) is 0 Å². The number of nitrogens with one attached hydrogen (secondary N) is 1. The van der Waals surface area contributed by atoms with Crippen LogP contribution in [0.25, 0.3) is 0 Å². The van der Waals surface area contributed by atoms with Crippen molar-refractivity contribution >= 4 is 17.9 Å². The molecule has 1 aromatic rings. The van der Waals surface area contributed by atoms with Crippen LogP contribution in [0.4, 0.5) is 10.7 Å². The van der Waals surface area contributed by atoms with E-state index in [1.54, 1.807) is 11.7 Å². The van der Waals surface area contributed by atoms with Gasteiger partial charge in [0.05, 0.1) is 0 Å². The summed E-state index contributed by atoms with van der Waals surface area (Å²) in [7, 11) is 1.77. The lowest BCUT2D eigenvalue weighted by Crippen LogP contribution is -2.55. The van der Waals surface area contributed by atoms with Gasteiger partial charge in [-0.25, -0.2) is 4.79 Å². The third kappa shape index (κ3) is 2.90. The maximum Gasteiger partial charge on any atom is 0.324 e. The van der Waals surface area contributed by atoms with E-state index in [4.69, 9.17) is 0 Å². The number of aromatic nitrogens is 3. The minimum absolute atomic E-state index is 0.0402. The fraction of sp³-hybridized carbons (Fsp3) is 0.714. The van der Waals surface area contributed by atoms with Crippen LogP contribution in [0.3, 0.4) is 0 Å². The van der Waals surface area contributed by atoms with Crippen LogP contribution in [0.1, 0.15) is 31.5 Å². The van der Waals surface area contributed by atoms with Gasteiger partial charge in [-0.1, -0.05) is 12.8 Å². The molecule has 1 saturated heterocycles. The number of aryl methyl sites for hydroxylation is 2. The number of urea groups is 1. The Labute approximate surface area is 129 Å². The second-order valence-electron chi connectivity index (χ2n) is 5.98. The molecule has 1 aliphatic carbocycles. The molecule has 2 aliphatic rings. The SMILES string of the molecule is Cc1nc(NC(=O)N2CCN(C3CCCC3)C(=O)C2)nn1C. The molecule has 0 atom stereocenters. The summed E-state index contributed by atoms with van der Waals surface area (Å²) in [6.45, 7) is 3.12. The fourth-order valence-corrected chi connectivity index (χ4v) is 3.15. The maximum absolute atomic E-state index is 12.3. The van der Waals surface area contributed by atoms with Gasteiger partial charge >= 0.3 is 6.03 Å². The number of rotatable bonds is 2. The zero-order chi connectivity index (χ0) is 15.7. The Kier molecular flexibility index (Phi) is 4.00. The first-order valence-electron chi connectivity index (χ1n) is 7.77. The Morgan fingerprint density at radius 2 is 2.00 bits per heavy atom. The van der Waals surface area contributed by atoms with Gasteiger partial charge in [0.25, 0.3) is 0 Å². The first-order chi connectivity index (χ1) is 10.5. The van der Waals surface area contributed by atoms with Crippen molar-refractivity contribution in [3.05, 3.63) is 5.82 Å². The smallest absolute Gasteiger partial charge is 0.324 e. The number of amides is 3. The second-order valence-corrected chi connectivity index (χ2v) is 5.98. The molecule has 1 saturated carbocycles. The van der Waals surface area contributed by atoms with Crippen LogP contribution >= 0.6 is 0 Å². The summed E-state index contributed by atoms with van der Waals surface area (Å²) < 4.78 is 1.60. The summed E-state index contributed by atoms with van der Waals surface area (Å²) in [5, 5.41) is 6.75. The van der Waals surface area contributed by atoms with Crippen molar-refractivity contribution in [2.24, 2.45) is 7.05 Å². The molecule has 120 valence electrons. The summed E-state index contributed by atoms with van der Waals surface area (Å²) in [4.78, 5) is 32.1. The number of carbonyl (C=O) groups excluding carboxylic acids is 2. The average molecular weight is 306 g/mol. The van der Waals surface area contributed by atoms with Crippen LogP contribution in [0.5, 0.6) is 0 Å². The van der Waals surface area contributed by atoms with E-state index in [1.165, 1.54) is 17.7 Å². The van der Waals surface area contributed by atoms with Gasteiger partial charge in [0.2, 0.25) is 11.9 Å². The van der Waals surface area contributed by atoms with Crippen molar-refractivity contribution in [1.82, 2.24) is 24.6 Å². The maximum atomic E-state index is 12.3. The van der Waals surface area contributed by atoms with Crippen LogP contribution in [0.15, 0.2) is 0 Å². The zero-order valence-electron chi connectivity index (χ0n) is 13.1. The summed E-state index contributed by atoms with van der Waals surface area (Å²) in [6.07, 6.45) is 4.58. The van der Waals surface area contributed by atoms with Gasteiger partial charge in [0, 0.05) is 26.2 Å². The molecule has 2 fully saturated rings. The van der Waals surface area contributed by atoms with E-state index in [1.807, 2.05) is 11.8 Å². The number of hydrogen-bond donors (Lipinski definition) is 1. The predicted molar refractivity (Wildman–Crippen MR) is 80.3 cm³/mol. The quantitative estimate of drug-likeness (QED) is 0.873. The monoisotopic (exact) mass is 306 g/mol. The standard InChI is InChI=1S/C14H22N6O2/c1-10-15-13(17-18(10)2)16-14(22)19-7-8-20(12(21)9-19)11-5-3-4-6-11/h11H,3-9H2,1-2H3,(H,16,17,22). The molecular formula is C14H22N6O2. The number of anilines is 1. The molecule has 1 aliphatic heterocycles. The highest BCUT2D eigenvalue weighted by Gasteiger charge is 2.33. The van der Waals surface area contributed by atoms with Crippen molar-refractivity contribution in [2.45, 2.75) is 38.6 Å². The molecule has 0 aromatic carbocycles. The van der Waals surface area contributed by atoms with E-state index in [2.05, 4.69) is 15.4 Å². The molecule has 8 nitrogen and oxygen atoms in total. The van der Waals surface area contributed by atoms with Gasteiger partial charge in [-0.3, -0.25) is 14.8 Å². The molecule has 3 amide bonds. The van der Waals surface area contributed by atoms with E-state index in [0.29, 0.717) is 19.1 Å². The van der Waals surface area contributed by atoms with E-state index in [9.17, 15) is 9.59 Å². The normalized spacial score (nSPS) is 19.8. The predicted octanol–water partition coefficient (Wildman–Crippen LogP) is 0.742. The average Bonchev–Trinajstić information content (AvgIpc) is 3.10. The highest BCUT2D eigenvalue weighted by molar-refractivity contribution is 5.91. The van der Waals surface area contributed by atoms with E-state index < -0.39 is 0 Å². The van der Waals surface area contributed by atoms with Crippen molar-refractivity contribution in [3.8, 4) is 0 Å². The van der Waals surface area contributed by atoms with Gasteiger partial charge in [0.15, 0.2) is 0 Å². The molecular weight excluding hydrogens is 284 g/mol. The lowest BCUT2D eigenvalue weighted by Gasteiger charge is -2.37. The van der Waals surface area contributed by atoms with Gasteiger partial charge in [-0.15, -0.1) is 5.10 Å². The van der Waals surface area contributed by atoms with Crippen molar-refractivity contribution in [2.75, 3.05) is 25.0 Å². The lowest BCUT2D eigenvalue weighted by molar-refractivity contribution is -0.137. The number of carbonyl (C=O) groups is 2. The van der Waals surface area contributed by atoms with Crippen LogP contribution in [-0.2, 0) is 11.8 Å². The Hall–Kier alpha value is -2.12. The molecule has 8 heteroatoms. The van der Waals surface area contributed by atoms with E-state index in [-0.39, 0.29) is 24.4 Å². The molecule has 2 heterocycles. The Bertz CT molecular complexity index is 558. The number of hydrogen-bond acceptors (Lipinski definition) is 4. The van der Waals surface area contributed by atoms with Crippen LogP contribution in [0, 0.1) is 6.92 Å². The number of piperazine rings is 1. The molecule has 0 spiro atoms. The zero-order valence-corrected chi connectivity index (χ0v) is 13.1. The molecule has 22 heavy (non-hydrogen) atoms. The molecule has 3 rings (SSSR count). The van der Waals surface area contributed by atoms with Crippen LogP contribution < -0.4 is 5.32 Å². The van der Waals surface area contributed by atoms with Crippen molar-refractivity contribution < 1.29 is 9.59 Å². The second kappa shape index (κ2) is 5.94. The Morgan fingerprint density at radius 3 is 2.59 bits per heavy atom. The summed E-state index contributed by atoms with van der Waals surface area (Å²) in [5.74, 6) is 1.03. The van der Waals surface area contributed by atoms with Gasteiger partial charge in [0.1, 0.15) is 12.4 Å². The number of nitrogens with zero attached hydrogens (tertiary/aromatic N) is 5. The van der Waals surface area contributed by atoms with Gasteiger partial charge in [-0.2, -0.15) is 4.98 Å². The fourth-order valence-electron chi connectivity index (χ4n) is 3.15. The highest BCUT2D eigenvalue weighted by atomic mass is 16.2. The van der Waals surface area contributed by atoms with E-state index in [0.717, 1.165) is 18.7 Å². The minimum atomic E-state index is -0.315. The Morgan fingerprint density at radius 1 is 1.27 bits per heavy atom. The van der Waals surface area contributed by atoms with Crippen LogP contribution in [0.2, 0.25) is 0 Å². The highest BCUT2D eigenvalue weighted by Crippen LogP contribution is 2.24. The summed E-state index contributed by atoms with van der Waals surface area (Å²) in [6, 6.07) is 0.0582.